The monoisotopic (exact) mass is 1000 g/mol. The third kappa shape index (κ3) is 18.0. The fourth-order valence-corrected chi connectivity index (χ4v) is 10.2. The van der Waals surface area contributed by atoms with Gasteiger partial charge in [0, 0.05) is 71.2 Å². The molecule has 1 fully saturated rings. The highest BCUT2D eigenvalue weighted by atomic mass is 32.1. The number of nitrogens with zero attached hydrogens (tertiary/aromatic N) is 4. The van der Waals surface area contributed by atoms with Crippen LogP contribution in [0.4, 0.5) is 0 Å². The first-order valence-electron chi connectivity index (χ1n) is 24.8. The Morgan fingerprint density at radius 3 is 2.17 bits per heavy atom. The van der Waals surface area contributed by atoms with Crippen molar-refractivity contribution in [2.24, 2.45) is 29.6 Å². The topological polar surface area (TPSA) is 221 Å². The number of aromatic nitrogens is 1. The van der Waals surface area contributed by atoms with Gasteiger partial charge in [-0.3, -0.25) is 33.6 Å². The van der Waals surface area contributed by atoms with E-state index in [0.717, 1.165) is 17.0 Å². The van der Waals surface area contributed by atoms with Crippen molar-refractivity contribution in [3.05, 3.63) is 52.5 Å². The molecule has 0 bridgehead atoms. The molecule has 1 aliphatic heterocycles. The van der Waals surface area contributed by atoms with Crippen LogP contribution < -0.4 is 16.5 Å². The summed E-state index contributed by atoms with van der Waals surface area (Å²) >= 11 is 1.55. The highest BCUT2D eigenvalue weighted by Gasteiger charge is 2.43. The number of Topliss-reactive ketones (excluding diaryl/α,β-unsaturated/α-hetero) is 1. The van der Waals surface area contributed by atoms with E-state index in [1.54, 1.807) is 50.7 Å². The maximum absolute atomic E-state index is 14.6. The minimum Gasteiger partial charge on any atom is -0.379 e. The molecule has 18 nitrogen and oxygen atoms in total. The second-order valence-corrected chi connectivity index (χ2v) is 20.0. The molecular formula is C51H83N7O11S. The zero-order chi connectivity index (χ0) is 51.9. The second-order valence-electron chi connectivity index (χ2n) is 19.1. The number of methoxy groups -OCH3 is 2. The molecule has 4 N–H and O–H groups in total. The highest BCUT2D eigenvalue weighted by Crippen LogP contribution is 2.33. The Hall–Kier alpha value is -4.37. The maximum Gasteiger partial charge on any atom is 0.248 e. The van der Waals surface area contributed by atoms with Crippen LogP contribution >= 0.6 is 11.3 Å². The predicted molar refractivity (Wildman–Crippen MR) is 268 cm³/mol. The van der Waals surface area contributed by atoms with Gasteiger partial charge in [-0.1, -0.05) is 85.2 Å². The maximum atomic E-state index is 14.6. The quantitative estimate of drug-likeness (QED) is 0.0668. The van der Waals surface area contributed by atoms with Crippen LogP contribution in [0.2, 0.25) is 0 Å². The van der Waals surface area contributed by atoms with Crippen LogP contribution in [0.25, 0.3) is 0 Å². The van der Waals surface area contributed by atoms with E-state index in [9.17, 15) is 28.8 Å². The predicted octanol–water partition coefficient (Wildman–Crippen LogP) is 4.40. The number of likely N-dealkylation sites (tertiary alicyclic amines) is 1. The molecule has 1 aromatic heterocycles. The van der Waals surface area contributed by atoms with E-state index in [4.69, 9.17) is 24.8 Å². The first-order valence-corrected chi connectivity index (χ1v) is 25.7. The van der Waals surface area contributed by atoms with E-state index in [2.05, 4.69) is 32.6 Å². The number of ketones is 1. The average Bonchev–Trinajstić information content (AvgIpc) is 4.06. The Morgan fingerprint density at radius 1 is 0.900 bits per heavy atom. The van der Waals surface area contributed by atoms with Gasteiger partial charge >= 0.3 is 0 Å². The van der Waals surface area contributed by atoms with Crippen molar-refractivity contribution in [2.75, 3.05) is 74.4 Å². The van der Waals surface area contributed by atoms with Gasteiger partial charge < -0.3 is 44.3 Å². The van der Waals surface area contributed by atoms with Crippen LogP contribution in [0.15, 0.2) is 41.9 Å². The van der Waals surface area contributed by atoms with E-state index >= 15 is 0 Å². The van der Waals surface area contributed by atoms with Crippen molar-refractivity contribution in [3.8, 4) is 0 Å². The van der Waals surface area contributed by atoms with Gasteiger partial charge in [-0.2, -0.15) is 0 Å². The zero-order valence-electron chi connectivity index (χ0n) is 43.6. The summed E-state index contributed by atoms with van der Waals surface area (Å²) in [6, 6.07) is 7.41. The Balaban J connectivity index is 1.68. The van der Waals surface area contributed by atoms with Gasteiger partial charge in [0.25, 0.3) is 0 Å². The Labute approximate surface area is 420 Å². The van der Waals surface area contributed by atoms with Crippen molar-refractivity contribution in [1.29, 1.82) is 0 Å². The normalized spacial score (nSPS) is 17.3. The van der Waals surface area contributed by atoms with Crippen LogP contribution in [0.1, 0.15) is 103 Å². The molecule has 0 spiro atoms. The number of likely N-dealkylation sites (N-methyl/N-ethyl adjacent to an activating group) is 2. The number of rotatable bonds is 33. The summed E-state index contributed by atoms with van der Waals surface area (Å²) in [7, 11) is 6.41. The van der Waals surface area contributed by atoms with Gasteiger partial charge in [-0.15, -0.1) is 11.3 Å². The zero-order valence-corrected chi connectivity index (χ0v) is 44.4. The van der Waals surface area contributed by atoms with Gasteiger partial charge in [0.15, 0.2) is 0 Å². The second kappa shape index (κ2) is 31.2. The first kappa shape index (κ1) is 59.9. The average molecular weight is 1000 g/mol. The third-order valence-electron chi connectivity index (χ3n) is 13.5. The summed E-state index contributed by atoms with van der Waals surface area (Å²) in [6.45, 7) is 14.7. The van der Waals surface area contributed by atoms with Crippen molar-refractivity contribution < 1.29 is 52.6 Å². The minimum atomic E-state index is -0.944. The van der Waals surface area contributed by atoms with Crippen molar-refractivity contribution in [1.82, 2.24) is 30.3 Å². The Bertz CT molecular complexity index is 1890. The molecule has 9 atom stereocenters. The molecule has 3 rings (SSSR count). The van der Waals surface area contributed by atoms with Crippen LogP contribution in [0.3, 0.4) is 0 Å². The summed E-state index contributed by atoms with van der Waals surface area (Å²) in [6.07, 6.45) is 3.67. The van der Waals surface area contributed by atoms with E-state index in [1.165, 1.54) is 4.90 Å². The third-order valence-corrected chi connectivity index (χ3v) is 14.4. The highest BCUT2D eigenvalue weighted by molar-refractivity contribution is 7.09. The smallest absolute Gasteiger partial charge is 0.248 e. The number of thiazole rings is 1. The molecule has 0 radical (unpaired) electrons. The number of nitrogens with two attached hydrogens (primary N) is 1. The number of hydrogen-bond acceptors (Lipinski definition) is 14. The molecule has 0 aliphatic carbocycles. The van der Waals surface area contributed by atoms with Gasteiger partial charge in [0.2, 0.25) is 29.5 Å². The lowest BCUT2D eigenvalue weighted by Crippen LogP contribution is -2.60. The molecule has 5 amide bonds. The molecule has 1 aromatic carbocycles. The molecular weight excluding hydrogens is 919 g/mol. The lowest BCUT2D eigenvalue weighted by molar-refractivity contribution is -0.148. The standard InChI is InChI=1S/C51H83N7O11S/c1-12-35(6)47(57(9)51(64)45(33(2)3)55-49(63)46(34(4)5)56(8)43(61)20-24-67-26-27-68-25-21-53-42(60)32-69-52)41(65-10)31-44(62)58-23-16-19-39(58)48(66-11)36(7)40(59)30-38(50-54-22-28-70-50)29-37-17-14-13-15-18-37/h13-15,17-18,22,28,33-36,38-39,41,45-48H,12,16,19-21,23-27,29-32,52H2,1-11H3,(H,53,60)(H,55,63)/t35-,36-,38+,39-,41+,45-,46?,47-,48+/m0/s1. The Morgan fingerprint density at radius 2 is 1.59 bits per heavy atom. The number of carbonyl (C=O) groups excluding carboxylic acids is 6. The van der Waals surface area contributed by atoms with Crippen LogP contribution in [0, 0.1) is 23.7 Å². The largest absolute Gasteiger partial charge is 0.379 e. The fourth-order valence-electron chi connectivity index (χ4n) is 9.45. The molecule has 19 heteroatoms. The van der Waals surface area contributed by atoms with E-state index in [-0.39, 0.29) is 112 Å². The van der Waals surface area contributed by atoms with Crippen molar-refractivity contribution in [3.63, 3.8) is 0 Å². The molecule has 1 aliphatic rings. The summed E-state index contributed by atoms with van der Waals surface area (Å²) in [5.41, 5.74) is 1.13. The number of ether oxygens (including phenoxy) is 4. The molecule has 2 aromatic rings. The fraction of sp³-hybridized carbons (Fsp3) is 0.706. The molecule has 394 valence electrons. The lowest BCUT2D eigenvalue weighted by Gasteiger charge is -2.41. The number of amides is 5. The van der Waals surface area contributed by atoms with Crippen LogP contribution in [-0.4, -0.2) is 166 Å². The van der Waals surface area contributed by atoms with Gasteiger partial charge in [-0.05, 0) is 42.6 Å². The molecule has 70 heavy (non-hydrogen) atoms. The van der Waals surface area contributed by atoms with Gasteiger partial charge in [0.1, 0.15) is 24.5 Å². The minimum absolute atomic E-state index is 0.00911. The molecule has 2 heterocycles. The molecule has 1 saturated heterocycles. The number of carbonyl (C=O) groups is 6. The van der Waals surface area contributed by atoms with E-state index < -0.39 is 42.2 Å². The number of nitrogens with one attached hydrogen (secondary N) is 2. The number of hydrogen-bond donors (Lipinski definition) is 3. The van der Waals surface area contributed by atoms with Gasteiger partial charge in [-0.25, -0.2) is 10.9 Å². The number of benzene rings is 1. The first-order chi connectivity index (χ1) is 33.4. The van der Waals surface area contributed by atoms with Crippen LogP contribution in [-0.2, 0) is 59.0 Å². The van der Waals surface area contributed by atoms with E-state index in [0.29, 0.717) is 32.2 Å². The summed E-state index contributed by atoms with van der Waals surface area (Å²) in [5.74, 6) is 2.05. The summed E-state index contributed by atoms with van der Waals surface area (Å²) < 4.78 is 23.2. The molecule has 1 unspecified atom stereocenters. The van der Waals surface area contributed by atoms with Crippen LogP contribution in [0.5, 0.6) is 0 Å². The lowest BCUT2D eigenvalue weighted by atomic mass is 9.85. The Kier molecular flexibility index (Phi) is 26.7. The van der Waals surface area contributed by atoms with Gasteiger partial charge in [0.05, 0.1) is 68.6 Å². The SMILES string of the molecule is CC[C@H](C)[C@@H]([C@@H](CC(=O)N1CCC[C@H]1[C@H](OC)[C@@H](C)C(=O)C[C@@H](Cc1ccccc1)c1nccs1)OC)N(C)C(=O)[C@@H](NC(=O)C(C(C)C)N(C)C(=O)CCOCCOCCNC(=O)CON)C(C)C. The van der Waals surface area contributed by atoms with E-state index in [1.807, 2.05) is 76.9 Å². The van der Waals surface area contributed by atoms with Crippen molar-refractivity contribution in [2.45, 2.75) is 136 Å². The summed E-state index contributed by atoms with van der Waals surface area (Å²) in [5, 5.41) is 8.42. The van der Waals surface area contributed by atoms with Crippen molar-refractivity contribution >= 4 is 46.7 Å². The summed E-state index contributed by atoms with van der Waals surface area (Å²) in [4.78, 5) is 95.7. The molecule has 0 saturated carbocycles.